The molecule has 1 aromatic carbocycles. The molecule has 7 heteroatoms. The molecule has 0 aliphatic rings. The fourth-order valence-corrected chi connectivity index (χ4v) is 3.90. The summed E-state index contributed by atoms with van der Waals surface area (Å²) in [6.45, 7) is 2.45. The van der Waals surface area contributed by atoms with Crippen LogP contribution >= 0.6 is 22.9 Å². The van der Waals surface area contributed by atoms with Crippen molar-refractivity contribution in [1.29, 1.82) is 0 Å². The summed E-state index contributed by atoms with van der Waals surface area (Å²) in [5.41, 5.74) is 10.0. The Morgan fingerprint density at radius 3 is 2.68 bits per heavy atom. The van der Waals surface area contributed by atoms with E-state index in [0.717, 1.165) is 33.8 Å². The zero-order valence-corrected chi connectivity index (χ0v) is 15.7. The van der Waals surface area contributed by atoms with E-state index in [-0.39, 0.29) is 11.9 Å². The van der Waals surface area contributed by atoms with Crippen LogP contribution in [0.5, 0.6) is 0 Å². The molecule has 0 unspecified atom stereocenters. The zero-order valence-electron chi connectivity index (χ0n) is 14.1. The highest BCUT2D eigenvalue weighted by molar-refractivity contribution is 7.14. The molecule has 0 bridgehead atoms. The van der Waals surface area contributed by atoms with Gasteiger partial charge < -0.3 is 11.1 Å². The van der Waals surface area contributed by atoms with Crippen molar-refractivity contribution in [2.45, 2.75) is 19.4 Å². The van der Waals surface area contributed by atoms with Gasteiger partial charge >= 0.3 is 0 Å². The van der Waals surface area contributed by atoms with Crippen LogP contribution < -0.4 is 11.1 Å². The molecule has 0 fully saturated rings. The lowest BCUT2D eigenvalue weighted by molar-refractivity contribution is 0.626. The van der Waals surface area contributed by atoms with Gasteiger partial charge in [0.2, 0.25) is 0 Å². The molecule has 0 saturated carbocycles. The smallest absolute Gasteiger partial charge is 0.154 e. The van der Waals surface area contributed by atoms with Crippen LogP contribution in [-0.2, 0) is 13.5 Å². The quantitative estimate of drug-likeness (QED) is 0.674. The van der Waals surface area contributed by atoms with E-state index in [9.17, 15) is 4.39 Å². The number of rotatable bonds is 6. The first-order valence-corrected chi connectivity index (χ1v) is 9.22. The minimum absolute atomic E-state index is 0.0770. The summed E-state index contributed by atoms with van der Waals surface area (Å²) in [7, 11) is 1.89. The van der Waals surface area contributed by atoms with Crippen LogP contribution in [0.25, 0.3) is 11.3 Å². The number of nitrogens with zero attached hydrogens (tertiary/aromatic N) is 2. The van der Waals surface area contributed by atoms with Crippen molar-refractivity contribution < 1.29 is 4.39 Å². The first kappa shape index (κ1) is 17.9. The number of nitrogens with one attached hydrogen (secondary N) is 1. The van der Waals surface area contributed by atoms with Gasteiger partial charge in [-0.1, -0.05) is 23.7 Å². The maximum absolute atomic E-state index is 13.0. The number of aryl methyl sites for hydroxylation is 1. The molecule has 3 rings (SSSR count). The average molecular weight is 379 g/mol. The molecule has 0 spiro atoms. The van der Waals surface area contributed by atoms with Gasteiger partial charge in [-0.05, 0) is 37.1 Å². The molecule has 2 aromatic heterocycles. The number of aromatic nitrogens is 2. The molecule has 0 aliphatic heterocycles. The molecule has 0 saturated heterocycles. The SMILES string of the molecule is Cc1c(Cl)nn(C)c1-c1csc(N[C@H](CN)Cc2ccc(F)cc2)c1. The van der Waals surface area contributed by atoms with Gasteiger partial charge in [-0.2, -0.15) is 5.10 Å². The van der Waals surface area contributed by atoms with Gasteiger partial charge in [-0.3, -0.25) is 4.68 Å². The molecule has 3 aromatic rings. The fraction of sp³-hybridized carbons (Fsp3) is 0.278. The molecule has 0 amide bonds. The molecular formula is C18H20ClFN4S. The summed E-state index contributed by atoms with van der Waals surface area (Å²) in [5, 5.41) is 11.3. The number of hydrogen-bond acceptors (Lipinski definition) is 4. The molecule has 1 atom stereocenters. The fourth-order valence-electron chi connectivity index (χ4n) is 2.84. The monoisotopic (exact) mass is 378 g/mol. The van der Waals surface area contributed by atoms with E-state index < -0.39 is 0 Å². The lowest BCUT2D eigenvalue weighted by Crippen LogP contribution is -2.30. The van der Waals surface area contributed by atoms with Crippen LogP contribution in [-0.4, -0.2) is 22.4 Å². The molecule has 2 heterocycles. The number of anilines is 1. The Hall–Kier alpha value is -1.89. The van der Waals surface area contributed by atoms with Gasteiger partial charge in [0.05, 0.1) is 10.7 Å². The summed E-state index contributed by atoms with van der Waals surface area (Å²) in [6.07, 6.45) is 0.737. The van der Waals surface area contributed by atoms with Crippen LogP contribution in [0.4, 0.5) is 9.39 Å². The van der Waals surface area contributed by atoms with Crippen molar-refractivity contribution in [3.05, 3.63) is 57.8 Å². The Morgan fingerprint density at radius 1 is 1.36 bits per heavy atom. The Labute approximate surface area is 155 Å². The highest BCUT2D eigenvalue weighted by Crippen LogP contribution is 2.33. The van der Waals surface area contributed by atoms with Crippen molar-refractivity contribution >= 4 is 27.9 Å². The lowest BCUT2D eigenvalue weighted by Gasteiger charge is -2.17. The molecular weight excluding hydrogens is 359 g/mol. The largest absolute Gasteiger partial charge is 0.373 e. The minimum atomic E-state index is -0.228. The standard InChI is InChI=1S/C18H20ClFN4S/c1-11-17(24(2)23-18(11)19)13-8-16(25-10-13)22-15(9-21)7-12-3-5-14(20)6-4-12/h3-6,8,10,15,22H,7,9,21H2,1-2H3/t15-/m0/s1. The number of hydrogen-bond donors (Lipinski definition) is 2. The van der Waals surface area contributed by atoms with E-state index >= 15 is 0 Å². The van der Waals surface area contributed by atoms with Gasteiger partial charge in [0.1, 0.15) is 5.82 Å². The van der Waals surface area contributed by atoms with E-state index in [2.05, 4.69) is 21.9 Å². The first-order valence-electron chi connectivity index (χ1n) is 7.97. The van der Waals surface area contributed by atoms with Crippen LogP contribution in [0.3, 0.4) is 0 Å². The molecule has 4 nitrogen and oxygen atoms in total. The zero-order chi connectivity index (χ0) is 18.0. The summed E-state index contributed by atoms with van der Waals surface area (Å²) in [5.74, 6) is -0.228. The van der Waals surface area contributed by atoms with Gasteiger partial charge in [0, 0.05) is 36.1 Å². The van der Waals surface area contributed by atoms with Gasteiger partial charge in [0.15, 0.2) is 5.15 Å². The van der Waals surface area contributed by atoms with Crippen molar-refractivity contribution in [1.82, 2.24) is 9.78 Å². The second kappa shape index (κ2) is 7.56. The van der Waals surface area contributed by atoms with Crippen molar-refractivity contribution in [3.63, 3.8) is 0 Å². The van der Waals surface area contributed by atoms with E-state index in [4.69, 9.17) is 17.3 Å². The normalized spacial score (nSPS) is 12.4. The Balaban J connectivity index is 1.74. The minimum Gasteiger partial charge on any atom is -0.373 e. The van der Waals surface area contributed by atoms with Gasteiger partial charge in [-0.15, -0.1) is 11.3 Å². The van der Waals surface area contributed by atoms with Crippen molar-refractivity contribution in [2.24, 2.45) is 12.8 Å². The molecule has 3 N–H and O–H groups in total. The van der Waals surface area contributed by atoms with Crippen LogP contribution in [0.2, 0.25) is 5.15 Å². The molecule has 0 aliphatic carbocycles. The second-order valence-corrected chi connectivity index (χ2v) is 7.26. The highest BCUT2D eigenvalue weighted by atomic mass is 35.5. The number of benzene rings is 1. The third kappa shape index (κ3) is 4.03. The topological polar surface area (TPSA) is 55.9 Å². The number of nitrogens with two attached hydrogens (primary N) is 1. The van der Waals surface area contributed by atoms with Gasteiger partial charge in [0.25, 0.3) is 0 Å². The number of thiophene rings is 1. The summed E-state index contributed by atoms with van der Waals surface area (Å²) >= 11 is 7.73. The summed E-state index contributed by atoms with van der Waals surface area (Å²) < 4.78 is 14.8. The third-order valence-electron chi connectivity index (χ3n) is 4.13. The third-order valence-corrected chi connectivity index (χ3v) is 5.35. The van der Waals surface area contributed by atoms with Crippen molar-refractivity contribution in [3.8, 4) is 11.3 Å². The predicted octanol–water partition coefficient (Wildman–Crippen LogP) is 4.23. The molecule has 25 heavy (non-hydrogen) atoms. The Morgan fingerprint density at radius 2 is 2.08 bits per heavy atom. The highest BCUT2D eigenvalue weighted by Gasteiger charge is 2.15. The maximum atomic E-state index is 13.0. The van der Waals surface area contributed by atoms with E-state index in [1.54, 1.807) is 28.2 Å². The first-order chi connectivity index (χ1) is 12.0. The predicted molar refractivity (Wildman–Crippen MR) is 103 cm³/mol. The van der Waals surface area contributed by atoms with E-state index in [1.165, 1.54) is 12.1 Å². The molecule has 132 valence electrons. The Bertz CT molecular complexity index is 857. The van der Waals surface area contributed by atoms with E-state index in [1.807, 2.05) is 14.0 Å². The van der Waals surface area contributed by atoms with Crippen LogP contribution in [0.1, 0.15) is 11.1 Å². The summed E-state index contributed by atoms with van der Waals surface area (Å²) in [4.78, 5) is 0. The second-order valence-electron chi connectivity index (χ2n) is 6.00. The van der Waals surface area contributed by atoms with Gasteiger partial charge in [-0.25, -0.2) is 4.39 Å². The molecule has 0 radical (unpaired) electrons. The summed E-state index contributed by atoms with van der Waals surface area (Å²) in [6, 6.07) is 8.69. The number of halogens is 2. The van der Waals surface area contributed by atoms with Crippen LogP contribution in [0, 0.1) is 12.7 Å². The maximum Gasteiger partial charge on any atom is 0.154 e. The van der Waals surface area contributed by atoms with E-state index in [0.29, 0.717) is 11.7 Å². The van der Waals surface area contributed by atoms with Crippen LogP contribution in [0.15, 0.2) is 35.7 Å². The van der Waals surface area contributed by atoms with Crippen molar-refractivity contribution in [2.75, 3.05) is 11.9 Å². The Kier molecular flexibility index (Phi) is 5.42. The lowest BCUT2D eigenvalue weighted by atomic mass is 10.1. The average Bonchev–Trinajstić information content (AvgIpc) is 3.13.